The lowest BCUT2D eigenvalue weighted by atomic mass is 10.1. The molecule has 0 fully saturated rings. The molecule has 0 aliphatic carbocycles. The molecule has 2 aromatic rings. The van der Waals surface area contributed by atoms with Crippen molar-refractivity contribution >= 4 is 11.7 Å². The summed E-state index contributed by atoms with van der Waals surface area (Å²) < 4.78 is 11.9. The molecule has 2 rings (SSSR count). The maximum atomic E-state index is 12.6. The number of aryl methyl sites for hydroxylation is 2. The van der Waals surface area contributed by atoms with Crippen molar-refractivity contribution in [2.75, 3.05) is 19.5 Å². The summed E-state index contributed by atoms with van der Waals surface area (Å²) in [6.45, 7) is 1.71. The van der Waals surface area contributed by atoms with Crippen LogP contribution in [-0.2, 0) is 7.05 Å². The van der Waals surface area contributed by atoms with Gasteiger partial charge in [-0.2, -0.15) is 10.4 Å². The van der Waals surface area contributed by atoms with E-state index in [1.807, 2.05) is 6.07 Å². The van der Waals surface area contributed by atoms with Gasteiger partial charge in [-0.3, -0.25) is 9.48 Å². The number of anilines is 1. The minimum Gasteiger partial charge on any atom is -0.496 e. The molecule has 0 saturated heterocycles. The van der Waals surface area contributed by atoms with Crippen LogP contribution in [0.25, 0.3) is 0 Å². The average molecular weight is 300 g/mol. The van der Waals surface area contributed by atoms with Crippen LogP contribution in [0.1, 0.15) is 21.6 Å². The van der Waals surface area contributed by atoms with Gasteiger partial charge in [-0.15, -0.1) is 0 Å². The molecule has 0 spiro atoms. The zero-order valence-corrected chi connectivity index (χ0v) is 12.8. The number of nitriles is 1. The predicted molar refractivity (Wildman–Crippen MR) is 80.2 cm³/mol. The Hall–Kier alpha value is -3.01. The molecular formula is C15H16N4O3. The Labute approximate surface area is 128 Å². The first-order valence-electron chi connectivity index (χ1n) is 6.49. The second-order valence-corrected chi connectivity index (χ2v) is 4.54. The van der Waals surface area contributed by atoms with E-state index < -0.39 is 5.91 Å². The Morgan fingerprint density at radius 1 is 1.32 bits per heavy atom. The first-order chi connectivity index (χ1) is 10.5. The molecule has 0 aliphatic heterocycles. The van der Waals surface area contributed by atoms with Gasteiger partial charge >= 0.3 is 0 Å². The van der Waals surface area contributed by atoms with Gasteiger partial charge in [-0.05, 0) is 19.1 Å². The Kier molecular flexibility index (Phi) is 4.32. The third-order valence-corrected chi connectivity index (χ3v) is 3.22. The van der Waals surface area contributed by atoms with Crippen molar-refractivity contribution in [3.8, 4) is 17.6 Å². The lowest BCUT2D eigenvalue weighted by Gasteiger charge is -2.13. The monoisotopic (exact) mass is 300 g/mol. The molecular weight excluding hydrogens is 284 g/mol. The number of methoxy groups -OCH3 is 2. The van der Waals surface area contributed by atoms with E-state index in [1.165, 1.54) is 18.9 Å². The minimum absolute atomic E-state index is 0.259. The number of nitrogens with one attached hydrogen (secondary N) is 1. The zero-order chi connectivity index (χ0) is 16.3. The second-order valence-electron chi connectivity index (χ2n) is 4.54. The van der Waals surface area contributed by atoms with Gasteiger partial charge in [-0.1, -0.05) is 6.07 Å². The Morgan fingerprint density at radius 3 is 2.41 bits per heavy atom. The number of rotatable bonds is 4. The number of aromatic nitrogens is 2. The van der Waals surface area contributed by atoms with Crippen LogP contribution >= 0.6 is 0 Å². The summed E-state index contributed by atoms with van der Waals surface area (Å²) in [5, 5.41) is 16.0. The number of carbonyl (C=O) groups is 1. The molecule has 114 valence electrons. The molecule has 1 aromatic heterocycles. The third-order valence-electron chi connectivity index (χ3n) is 3.22. The normalized spacial score (nSPS) is 9.95. The molecule has 0 atom stereocenters. The molecule has 7 heteroatoms. The van der Waals surface area contributed by atoms with Crippen molar-refractivity contribution in [3.05, 3.63) is 35.0 Å². The largest absolute Gasteiger partial charge is 0.496 e. The maximum absolute atomic E-state index is 12.6. The Morgan fingerprint density at radius 2 is 1.91 bits per heavy atom. The number of nitrogens with zero attached hydrogens (tertiary/aromatic N) is 3. The number of benzene rings is 1. The Balaban J connectivity index is 2.45. The number of carbonyl (C=O) groups excluding carboxylic acids is 1. The van der Waals surface area contributed by atoms with Gasteiger partial charge in [0.1, 0.15) is 34.5 Å². The standard InChI is InChI=1S/C15H16N4O3/c1-9-10(8-16)14(19(2)18-9)17-15(20)13-11(21-3)6-5-7-12(13)22-4/h5-7H,1-4H3,(H,17,20). The average Bonchev–Trinajstić information content (AvgIpc) is 2.79. The van der Waals surface area contributed by atoms with Gasteiger partial charge in [-0.25, -0.2) is 0 Å². The first-order valence-corrected chi connectivity index (χ1v) is 6.49. The van der Waals surface area contributed by atoms with E-state index in [0.29, 0.717) is 28.6 Å². The SMILES string of the molecule is COc1cccc(OC)c1C(=O)Nc1c(C#N)c(C)nn1C. The summed E-state index contributed by atoms with van der Waals surface area (Å²) in [4.78, 5) is 12.6. The quantitative estimate of drug-likeness (QED) is 0.931. The number of ether oxygens (including phenoxy) is 2. The summed E-state index contributed by atoms with van der Waals surface area (Å²) >= 11 is 0. The molecule has 22 heavy (non-hydrogen) atoms. The van der Waals surface area contributed by atoms with E-state index in [1.54, 1.807) is 32.2 Å². The topological polar surface area (TPSA) is 89.2 Å². The summed E-state index contributed by atoms with van der Waals surface area (Å²) in [7, 11) is 4.60. The molecule has 0 radical (unpaired) electrons. The maximum Gasteiger partial charge on any atom is 0.264 e. The molecule has 7 nitrogen and oxygen atoms in total. The number of hydrogen-bond donors (Lipinski definition) is 1. The van der Waals surface area contributed by atoms with Crippen LogP contribution in [-0.4, -0.2) is 29.9 Å². The van der Waals surface area contributed by atoms with Gasteiger partial charge in [0.25, 0.3) is 5.91 Å². The molecule has 0 saturated carbocycles. The molecule has 0 bridgehead atoms. The van der Waals surface area contributed by atoms with Crippen LogP contribution in [0, 0.1) is 18.3 Å². The van der Waals surface area contributed by atoms with Gasteiger partial charge in [0, 0.05) is 7.05 Å². The van der Waals surface area contributed by atoms with Crippen LogP contribution in [0.2, 0.25) is 0 Å². The first kappa shape index (κ1) is 15.4. The van der Waals surface area contributed by atoms with Crippen LogP contribution in [0.3, 0.4) is 0 Å². The number of hydrogen-bond acceptors (Lipinski definition) is 5. The van der Waals surface area contributed by atoms with E-state index in [0.717, 1.165) is 0 Å². The van der Waals surface area contributed by atoms with Gasteiger partial charge in [0.05, 0.1) is 19.9 Å². The van der Waals surface area contributed by atoms with Gasteiger partial charge < -0.3 is 14.8 Å². The van der Waals surface area contributed by atoms with E-state index >= 15 is 0 Å². The third kappa shape index (κ3) is 2.59. The highest BCUT2D eigenvalue weighted by Gasteiger charge is 2.22. The highest BCUT2D eigenvalue weighted by atomic mass is 16.5. The fraction of sp³-hybridized carbons (Fsp3) is 0.267. The minimum atomic E-state index is -0.436. The van der Waals surface area contributed by atoms with Crippen LogP contribution in [0.4, 0.5) is 5.82 Å². The summed E-state index contributed by atoms with van der Waals surface area (Å²) in [6.07, 6.45) is 0. The molecule has 1 aromatic carbocycles. The lowest BCUT2D eigenvalue weighted by molar-refractivity contribution is 0.102. The summed E-state index contributed by atoms with van der Waals surface area (Å²) in [5.74, 6) is 0.662. The van der Waals surface area contributed by atoms with Crippen molar-refractivity contribution in [1.29, 1.82) is 5.26 Å². The lowest BCUT2D eigenvalue weighted by Crippen LogP contribution is -2.17. The van der Waals surface area contributed by atoms with E-state index in [4.69, 9.17) is 9.47 Å². The second kappa shape index (κ2) is 6.18. The van der Waals surface area contributed by atoms with Crippen LogP contribution < -0.4 is 14.8 Å². The molecule has 0 aliphatic rings. The zero-order valence-electron chi connectivity index (χ0n) is 12.8. The summed E-state index contributed by atoms with van der Waals surface area (Å²) in [5.41, 5.74) is 1.13. The highest BCUT2D eigenvalue weighted by Crippen LogP contribution is 2.29. The fourth-order valence-electron chi connectivity index (χ4n) is 2.18. The molecule has 0 unspecified atom stereocenters. The van der Waals surface area contributed by atoms with Crippen molar-refractivity contribution in [1.82, 2.24) is 9.78 Å². The van der Waals surface area contributed by atoms with E-state index in [2.05, 4.69) is 10.4 Å². The van der Waals surface area contributed by atoms with Crippen molar-refractivity contribution in [2.45, 2.75) is 6.92 Å². The summed E-state index contributed by atoms with van der Waals surface area (Å²) in [6, 6.07) is 7.09. The van der Waals surface area contributed by atoms with Crippen molar-refractivity contribution in [2.24, 2.45) is 7.05 Å². The van der Waals surface area contributed by atoms with E-state index in [9.17, 15) is 10.1 Å². The van der Waals surface area contributed by atoms with Crippen molar-refractivity contribution < 1.29 is 14.3 Å². The van der Waals surface area contributed by atoms with Crippen molar-refractivity contribution in [3.63, 3.8) is 0 Å². The molecule has 1 amide bonds. The van der Waals surface area contributed by atoms with E-state index in [-0.39, 0.29) is 5.56 Å². The number of amides is 1. The van der Waals surface area contributed by atoms with Crippen LogP contribution in [0.5, 0.6) is 11.5 Å². The Bertz CT molecular complexity index is 737. The molecule has 1 N–H and O–H groups in total. The predicted octanol–water partition coefficient (Wildman–Crippen LogP) is 1.87. The van der Waals surface area contributed by atoms with Gasteiger partial charge in [0.15, 0.2) is 0 Å². The van der Waals surface area contributed by atoms with Gasteiger partial charge in [0.2, 0.25) is 0 Å². The highest BCUT2D eigenvalue weighted by molar-refractivity contribution is 6.08. The molecule has 1 heterocycles. The fourth-order valence-corrected chi connectivity index (χ4v) is 2.18. The smallest absolute Gasteiger partial charge is 0.264 e. The van der Waals surface area contributed by atoms with Crippen LogP contribution in [0.15, 0.2) is 18.2 Å².